The van der Waals surface area contributed by atoms with E-state index >= 15 is 0 Å². The second-order valence-electron chi connectivity index (χ2n) is 10.2. The number of carbonyl (C=O) groups is 1. The van der Waals surface area contributed by atoms with E-state index < -0.39 is 17.6 Å². The lowest BCUT2D eigenvalue weighted by Crippen LogP contribution is -2.42. The van der Waals surface area contributed by atoms with E-state index in [2.05, 4.69) is 30.2 Å². The Balaban J connectivity index is 1.30. The Hall–Kier alpha value is -4.03. The molecule has 0 aliphatic carbocycles. The fourth-order valence-corrected chi connectivity index (χ4v) is 5.04. The van der Waals surface area contributed by atoms with Crippen LogP contribution >= 0.6 is 0 Å². The average molecular weight is 552 g/mol. The number of ether oxygens (including phenoxy) is 1. The molecule has 5 rings (SSSR count). The standard InChI is InChI=1S/C28H31F2N7O3/c1-16(2)37-17(3)33-27-21(29)10-19(11-23(27)37)26-22(30)13-32-28(35-26)34-24-6-4-18(12-31-24)14-36-8-9-40-20(15-36)5-7-25(38)39/h4,6,10-13,16,20H,5,7-9,14-15H2,1-3H3,(H,38,39)(H,31,32,34,35)/t20-/m0/s1. The van der Waals surface area contributed by atoms with Gasteiger partial charge in [0.05, 0.1) is 24.4 Å². The number of aliphatic carboxylic acids is 1. The Morgan fingerprint density at radius 2 is 2.00 bits per heavy atom. The Labute approximate surface area is 230 Å². The summed E-state index contributed by atoms with van der Waals surface area (Å²) >= 11 is 0. The smallest absolute Gasteiger partial charge is 0.303 e. The summed E-state index contributed by atoms with van der Waals surface area (Å²) in [4.78, 5) is 30.2. The molecule has 0 unspecified atom stereocenters. The molecule has 10 nitrogen and oxygen atoms in total. The van der Waals surface area contributed by atoms with Crippen LogP contribution in [0.3, 0.4) is 0 Å². The van der Waals surface area contributed by atoms with E-state index in [9.17, 15) is 13.6 Å². The first kappa shape index (κ1) is 27.5. The van der Waals surface area contributed by atoms with Crippen molar-refractivity contribution in [1.29, 1.82) is 0 Å². The molecule has 4 aromatic rings. The third kappa shape index (κ3) is 6.07. The van der Waals surface area contributed by atoms with Crippen LogP contribution < -0.4 is 5.32 Å². The highest BCUT2D eigenvalue weighted by atomic mass is 19.1. The van der Waals surface area contributed by atoms with E-state index in [0.717, 1.165) is 18.3 Å². The van der Waals surface area contributed by atoms with Gasteiger partial charge in [-0.2, -0.15) is 0 Å². The van der Waals surface area contributed by atoms with Gasteiger partial charge in [0.25, 0.3) is 0 Å². The molecule has 1 atom stereocenters. The van der Waals surface area contributed by atoms with Crippen molar-refractivity contribution in [2.75, 3.05) is 25.0 Å². The van der Waals surface area contributed by atoms with E-state index in [4.69, 9.17) is 9.84 Å². The number of aryl methyl sites for hydroxylation is 1. The minimum absolute atomic E-state index is 0.0335. The molecule has 1 aliphatic rings. The number of hydrogen-bond donors (Lipinski definition) is 2. The number of nitrogens with zero attached hydrogens (tertiary/aromatic N) is 6. The number of halogens is 2. The molecule has 0 saturated carbocycles. The topological polar surface area (TPSA) is 118 Å². The highest BCUT2D eigenvalue weighted by Gasteiger charge is 2.22. The van der Waals surface area contributed by atoms with Gasteiger partial charge < -0.3 is 19.7 Å². The van der Waals surface area contributed by atoms with Crippen LogP contribution in [-0.2, 0) is 16.1 Å². The van der Waals surface area contributed by atoms with Crippen LogP contribution in [0.2, 0.25) is 0 Å². The minimum Gasteiger partial charge on any atom is -0.481 e. The van der Waals surface area contributed by atoms with Crippen molar-refractivity contribution in [2.45, 2.75) is 52.3 Å². The van der Waals surface area contributed by atoms with Crippen LogP contribution in [0.4, 0.5) is 20.5 Å². The Morgan fingerprint density at radius 1 is 1.18 bits per heavy atom. The lowest BCUT2D eigenvalue weighted by molar-refractivity contribution is -0.138. The summed E-state index contributed by atoms with van der Waals surface area (Å²) in [6.45, 7) is 8.37. The molecule has 1 aromatic carbocycles. The fraction of sp³-hybridized carbons (Fsp3) is 0.393. The predicted molar refractivity (Wildman–Crippen MR) is 145 cm³/mol. The summed E-state index contributed by atoms with van der Waals surface area (Å²) in [7, 11) is 0. The second-order valence-corrected chi connectivity index (χ2v) is 10.2. The molecule has 0 bridgehead atoms. The van der Waals surface area contributed by atoms with Crippen molar-refractivity contribution in [3.63, 3.8) is 0 Å². The molecule has 40 heavy (non-hydrogen) atoms. The number of morpholine rings is 1. The summed E-state index contributed by atoms with van der Waals surface area (Å²) in [5.41, 5.74) is 2.03. The molecule has 3 aromatic heterocycles. The lowest BCUT2D eigenvalue weighted by atomic mass is 10.1. The van der Waals surface area contributed by atoms with Crippen molar-refractivity contribution in [3.05, 3.63) is 59.7 Å². The van der Waals surface area contributed by atoms with Crippen LogP contribution in [0, 0.1) is 18.6 Å². The maximum absolute atomic E-state index is 15.0. The Bertz CT molecular complexity index is 1520. The number of nitrogens with one attached hydrogen (secondary N) is 1. The van der Waals surface area contributed by atoms with Gasteiger partial charge in [0, 0.05) is 43.9 Å². The van der Waals surface area contributed by atoms with Gasteiger partial charge in [-0.1, -0.05) is 6.07 Å². The van der Waals surface area contributed by atoms with Crippen molar-refractivity contribution >= 4 is 28.8 Å². The van der Waals surface area contributed by atoms with E-state index in [1.807, 2.05) is 31.4 Å². The van der Waals surface area contributed by atoms with Crippen LogP contribution in [0.15, 0.2) is 36.7 Å². The van der Waals surface area contributed by atoms with Crippen molar-refractivity contribution < 1.29 is 23.4 Å². The van der Waals surface area contributed by atoms with Crippen molar-refractivity contribution in [2.24, 2.45) is 0 Å². The molecule has 2 N–H and O–H groups in total. The number of carboxylic acid groups (broad SMARTS) is 1. The van der Waals surface area contributed by atoms with Gasteiger partial charge in [-0.15, -0.1) is 0 Å². The number of rotatable bonds is 9. The predicted octanol–water partition coefficient (Wildman–Crippen LogP) is 4.87. The van der Waals surface area contributed by atoms with Gasteiger partial charge in [0.1, 0.15) is 22.9 Å². The fourth-order valence-electron chi connectivity index (χ4n) is 5.04. The van der Waals surface area contributed by atoms with Gasteiger partial charge in [-0.05, 0) is 51.0 Å². The monoisotopic (exact) mass is 551 g/mol. The minimum atomic E-state index is -0.827. The van der Waals surface area contributed by atoms with E-state index in [1.54, 1.807) is 18.3 Å². The maximum atomic E-state index is 15.0. The van der Waals surface area contributed by atoms with Crippen molar-refractivity contribution in [1.82, 2.24) is 29.4 Å². The number of aromatic nitrogens is 5. The Kier molecular flexibility index (Phi) is 7.99. The number of imidazole rings is 1. The van der Waals surface area contributed by atoms with E-state index in [0.29, 0.717) is 43.3 Å². The average Bonchev–Trinajstić information content (AvgIpc) is 3.26. The molecule has 0 spiro atoms. The highest BCUT2D eigenvalue weighted by Crippen LogP contribution is 2.30. The zero-order valence-electron chi connectivity index (χ0n) is 22.6. The van der Waals surface area contributed by atoms with Gasteiger partial charge >= 0.3 is 5.97 Å². The zero-order chi connectivity index (χ0) is 28.4. The summed E-state index contributed by atoms with van der Waals surface area (Å²) in [5, 5.41) is 11.9. The number of hydrogen-bond acceptors (Lipinski definition) is 8. The summed E-state index contributed by atoms with van der Waals surface area (Å²) in [5.74, 6) is -0.779. The molecule has 4 heterocycles. The first-order valence-electron chi connectivity index (χ1n) is 13.2. The molecule has 12 heteroatoms. The lowest BCUT2D eigenvalue weighted by Gasteiger charge is -2.32. The van der Waals surface area contributed by atoms with Crippen molar-refractivity contribution in [3.8, 4) is 11.3 Å². The molecule has 1 aliphatic heterocycles. The van der Waals surface area contributed by atoms with Crippen LogP contribution in [0.25, 0.3) is 22.3 Å². The van der Waals surface area contributed by atoms with Gasteiger partial charge in [0.2, 0.25) is 5.95 Å². The normalized spacial score (nSPS) is 16.1. The Morgan fingerprint density at radius 3 is 2.73 bits per heavy atom. The highest BCUT2D eigenvalue weighted by molar-refractivity contribution is 5.83. The zero-order valence-corrected chi connectivity index (χ0v) is 22.6. The first-order chi connectivity index (χ1) is 19.2. The van der Waals surface area contributed by atoms with E-state index in [-0.39, 0.29) is 41.3 Å². The van der Waals surface area contributed by atoms with Crippen LogP contribution in [-0.4, -0.2) is 66.3 Å². The van der Waals surface area contributed by atoms with Crippen LogP contribution in [0.1, 0.15) is 44.1 Å². The van der Waals surface area contributed by atoms with E-state index in [1.165, 1.54) is 6.07 Å². The molecule has 210 valence electrons. The molecular weight excluding hydrogens is 520 g/mol. The summed E-state index contributed by atoms with van der Waals surface area (Å²) in [6, 6.07) is 6.67. The van der Waals surface area contributed by atoms with Crippen LogP contribution in [0.5, 0.6) is 0 Å². The number of anilines is 2. The van der Waals surface area contributed by atoms with Gasteiger partial charge in [0.15, 0.2) is 11.6 Å². The van der Waals surface area contributed by atoms with Gasteiger partial charge in [-0.3, -0.25) is 9.69 Å². The second kappa shape index (κ2) is 11.6. The quantitative estimate of drug-likeness (QED) is 0.300. The van der Waals surface area contributed by atoms with Gasteiger partial charge in [-0.25, -0.2) is 28.7 Å². The SMILES string of the molecule is Cc1nc2c(F)cc(-c3nc(Nc4ccc(CN5CCO[C@@H](CCC(=O)O)C5)cn4)ncc3F)cc2n1C(C)C. The summed E-state index contributed by atoms with van der Waals surface area (Å²) in [6.07, 6.45) is 3.24. The molecule has 1 saturated heterocycles. The number of carboxylic acids is 1. The molecule has 0 radical (unpaired) electrons. The third-order valence-electron chi connectivity index (χ3n) is 6.83. The third-order valence-corrected chi connectivity index (χ3v) is 6.83. The first-order valence-corrected chi connectivity index (χ1v) is 13.2. The largest absolute Gasteiger partial charge is 0.481 e. The molecule has 1 fully saturated rings. The summed E-state index contributed by atoms with van der Waals surface area (Å²) < 4.78 is 37.4. The maximum Gasteiger partial charge on any atom is 0.303 e. The number of benzene rings is 1. The number of pyridine rings is 1. The number of fused-ring (bicyclic) bond motifs is 1. The molecular formula is C28H31F2N7O3. The molecule has 0 amide bonds.